The molecule has 10 heteroatoms. The Labute approximate surface area is 154 Å². The fourth-order valence-electron chi connectivity index (χ4n) is 3.02. The Morgan fingerprint density at radius 2 is 1.93 bits per heavy atom. The van der Waals surface area contributed by atoms with Crippen LogP contribution in [0.15, 0.2) is 43.1 Å². The highest BCUT2D eigenvalue weighted by molar-refractivity contribution is 5.92. The van der Waals surface area contributed by atoms with Crippen molar-refractivity contribution in [2.24, 2.45) is 5.92 Å². The highest BCUT2D eigenvalue weighted by Crippen LogP contribution is 2.25. The highest BCUT2D eigenvalue weighted by Gasteiger charge is 2.26. The van der Waals surface area contributed by atoms with Crippen molar-refractivity contribution in [2.75, 3.05) is 23.3 Å². The van der Waals surface area contributed by atoms with E-state index in [-0.39, 0.29) is 23.4 Å². The first-order chi connectivity index (χ1) is 13.2. The van der Waals surface area contributed by atoms with Crippen molar-refractivity contribution in [3.05, 3.63) is 43.1 Å². The van der Waals surface area contributed by atoms with Crippen LogP contribution in [0.4, 0.5) is 11.6 Å². The number of carbonyl (C=O) groups is 1. The van der Waals surface area contributed by atoms with E-state index >= 15 is 0 Å². The lowest BCUT2D eigenvalue weighted by Crippen LogP contribution is -2.38. The van der Waals surface area contributed by atoms with Gasteiger partial charge in [0.2, 0.25) is 5.91 Å². The van der Waals surface area contributed by atoms with Crippen molar-refractivity contribution in [2.45, 2.75) is 12.8 Å². The van der Waals surface area contributed by atoms with Crippen LogP contribution in [0.3, 0.4) is 0 Å². The van der Waals surface area contributed by atoms with E-state index in [1.54, 1.807) is 17.1 Å². The number of carbonyl (C=O) groups excluding carboxylic acids is 1. The summed E-state index contributed by atoms with van der Waals surface area (Å²) in [6.07, 6.45) is 5.90. The summed E-state index contributed by atoms with van der Waals surface area (Å²) in [4.78, 5) is 22.4. The van der Waals surface area contributed by atoms with Gasteiger partial charge in [0, 0.05) is 25.2 Å². The smallest absolute Gasteiger partial charge is 0.228 e. The van der Waals surface area contributed by atoms with Gasteiger partial charge in [-0.15, -0.1) is 10.2 Å². The monoisotopic (exact) mass is 366 g/mol. The van der Waals surface area contributed by atoms with Crippen molar-refractivity contribution in [3.63, 3.8) is 0 Å². The molecule has 2 N–H and O–H groups in total. The van der Waals surface area contributed by atoms with Crippen LogP contribution in [0.2, 0.25) is 0 Å². The first-order valence-corrected chi connectivity index (χ1v) is 8.59. The quantitative estimate of drug-likeness (QED) is 0.702. The number of pyridine rings is 1. The Morgan fingerprint density at radius 1 is 1.15 bits per heavy atom. The van der Waals surface area contributed by atoms with Crippen LogP contribution in [0.5, 0.6) is 5.75 Å². The minimum Gasteiger partial charge on any atom is -0.504 e. The van der Waals surface area contributed by atoms with E-state index in [4.69, 9.17) is 0 Å². The Morgan fingerprint density at radius 3 is 2.59 bits per heavy atom. The molecule has 0 bridgehead atoms. The summed E-state index contributed by atoms with van der Waals surface area (Å²) < 4.78 is 1.54. The zero-order valence-corrected chi connectivity index (χ0v) is 14.4. The topological polar surface area (TPSA) is 122 Å². The zero-order chi connectivity index (χ0) is 18.6. The van der Waals surface area contributed by atoms with Crippen molar-refractivity contribution in [3.8, 4) is 11.6 Å². The molecular weight excluding hydrogens is 348 g/mol. The molecule has 10 nitrogen and oxygen atoms in total. The number of nitrogens with one attached hydrogen (secondary N) is 1. The van der Waals surface area contributed by atoms with Gasteiger partial charge in [-0.2, -0.15) is 5.10 Å². The molecule has 3 aromatic rings. The fraction of sp³-hybridized carbons (Fsp3) is 0.294. The summed E-state index contributed by atoms with van der Waals surface area (Å²) in [5.41, 5.74) is 0. The number of anilines is 2. The number of hydrogen-bond donors (Lipinski definition) is 2. The van der Waals surface area contributed by atoms with Crippen LogP contribution in [0.25, 0.3) is 5.82 Å². The maximum atomic E-state index is 12.4. The first-order valence-electron chi connectivity index (χ1n) is 8.59. The average Bonchev–Trinajstić information content (AvgIpc) is 3.25. The van der Waals surface area contributed by atoms with E-state index < -0.39 is 0 Å². The third-order valence-electron chi connectivity index (χ3n) is 4.51. The van der Waals surface area contributed by atoms with Crippen LogP contribution < -0.4 is 10.2 Å². The summed E-state index contributed by atoms with van der Waals surface area (Å²) in [7, 11) is 0. The van der Waals surface area contributed by atoms with Crippen molar-refractivity contribution < 1.29 is 9.90 Å². The van der Waals surface area contributed by atoms with Crippen molar-refractivity contribution >= 4 is 17.5 Å². The SMILES string of the molecule is O=C(Nc1ncccc1O)C1CCN(c2ccc(-n3cncn3)nn2)CC1. The maximum absolute atomic E-state index is 12.4. The van der Waals surface area contributed by atoms with E-state index in [2.05, 4.69) is 35.5 Å². The molecule has 1 fully saturated rings. The number of aromatic nitrogens is 6. The maximum Gasteiger partial charge on any atom is 0.228 e. The molecule has 3 aromatic heterocycles. The molecule has 0 saturated carbocycles. The molecule has 138 valence electrons. The normalized spacial score (nSPS) is 14.9. The van der Waals surface area contributed by atoms with Gasteiger partial charge in [0.1, 0.15) is 12.7 Å². The van der Waals surface area contributed by atoms with Crippen LogP contribution in [-0.4, -0.2) is 54.0 Å². The Bertz CT molecular complexity index is 905. The lowest BCUT2D eigenvalue weighted by molar-refractivity contribution is -0.120. The van der Waals surface area contributed by atoms with Gasteiger partial charge in [-0.3, -0.25) is 4.79 Å². The number of hydrogen-bond acceptors (Lipinski definition) is 8. The van der Waals surface area contributed by atoms with E-state index in [0.717, 1.165) is 5.82 Å². The van der Waals surface area contributed by atoms with E-state index in [9.17, 15) is 9.90 Å². The second kappa shape index (κ2) is 7.36. The number of piperidine rings is 1. The Kier molecular flexibility index (Phi) is 4.60. The van der Waals surface area contributed by atoms with Crippen LogP contribution in [0, 0.1) is 5.92 Å². The predicted molar refractivity (Wildman–Crippen MR) is 96.4 cm³/mol. The molecule has 0 spiro atoms. The highest BCUT2D eigenvalue weighted by atomic mass is 16.3. The minimum atomic E-state index is -0.134. The summed E-state index contributed by atoms with van der Waals surface area (Å²) in [6, 6.07) is 6.82. The third kappa shape index (κ3) is 3.68. The number of rotatable bonds is 4. The third-order valence-corrected chi connectivity index (χ3v) is 4.51. The lowest BCUT2D eigenvalue weighted by Gasteiger charge is -2.31. The number of nitrogens with zero attached hydrogens (tertiary/aromatic N) is 7. The molecule has 1 amide bonds. The van der Waals surface area contributed by atoms with Gasteiger partial charge in [-0.1, -0.05) is 0 Å². The van der Waals surface area contributed by atoms with Gasteiger partial charge in [-0.25, -0.2) is 14.6 Å². The van der Waals surface area contributed by atoms with Gasteiger partial charge in [-0.05, 0) is 37.1 Å². The van der Waals surface area contributed by atoms with Gasteiger partial charge in [0.05, 0.1) is 0 Å². The summed E-state index contributed by atoms with van der Waals surface area (Å²) in [6.45, 7) is 1.40. The fourth-order valence-corrected chi connectivity index (χ4v) is 3.02. The van der Waals surface area contributed by atoms with E-state index in [0.29, 0.717) is 31.7 Å². The van der Waals surface area contributed by atoms with Gasteiger partial charge in [0.25, 0.3) is 0 Å². The average molecular weight is 366 g/mol. The molecule has 1 aliphatic heterocycles. The number of amides is 1. The van der Waals surface area contributed by atoms with Crippen LogP contribution >= 0.6 is 0 Å². The molecule has 4 heterocycles. The van der Waals surface area contributed by atoms with Gasteiger partial charge in [0.15, 0.2) is 23.2 Å². The molecular formula is C17H18N8O2. The molecule has 4 rings (SSSR count). The number of aromatic hydroxyl groups is 1. The van der Waals surface area contributed by atoms with Gasteiger partial charge < -0.3 is 15.3 Å². The van der Waals surface area contributed by atoms with E-state index in [1.807, 2.05) is 12.1 Å². The van der Waals surface area contributed by atoms with Crippen LogP contribution in [0.1, 0.15) is 12.8 Å². The lowest BCUT2D eigenvalue weighted by atomic mass is 9.96. The van der Waals surface area contributed by atoms with E-state index in [1.165, 1.54) is 18.6 Å². The Hall–Kier alpha value is -3.56. The molecule has 1 aliphatic rings. The molecule has 1 saturated heterocycles. The van der Waals surface area contributed by atoms with Gasteiger partial charge >= 0.3 is 0 Å². The first kappa shape index (κ1) is 16.9. The van der Waals surface area contributed by atoms with Crippen molar-refractivity contribution in [1.82, 2.24) is 29.9 Å². The molecule has 0 radical (unpaired) electrons. The molecule has 0 aliphatic carbocycles. The second-order valence-electron chi connectivity index (χ2n) is 6.21. The molecule has 0 unspecified atom stereocenters. The zero-order valence-electron chi connectivity index (χ0n) is 14.4. The molecule has 0 atom stereocenters. The predicted octanol–water partition coefficient (Wildman–Crippen LogP) is 1.01. The summed E-state index contributed by atoms with van der Waals surface area (Å²) in [5.74, 6) is 1.26. The second-order valence-corrected chi connectivity index (χ2v) is 6.21. The summed E-state index contributed by atoms with van der Waals surface area (Å²) >= 11 is 0. The largest absolute Gasteiger partial charge is 0.504 e. The molecule has 0 aromatic carbocycles. The Balaban J connectivity index is 1.34. The standard InChI is InChI=1S/C17H18N8O2/c26-13-2-1-7-19-16(13)21-17(27)12-5-8-24(9-6-12)14-3-4-15(23-22-14)25-11-18-10-20-25/h1-4,7,10-12,26H,5-6,8-9H2,(H,19,21,27). The summed E-state index contributed by atoms with van der Waals surface area (Å²) in [5, 5.41) is 24.9. The molecule has 27 heavy (non-hydrogen) atoms. The van der Waals surface area contributed by atoms with Crippen LogP contribution in [-0.2, 0) is 4.79 Å². The minimum absolute atomic E-state index is 0.0361. The van der Waals surface area contributed by atoms with Crippen molar-refractivity contribution in [1.29, 1.82) is 0 Å².